The molecule has 1 unspecified atom stereocenters. The molecule has 0 radical (unpaired) electrons. The fourth-order valence-electron chi connectivity index (χ4n) is 4.32. The summed E-state index contributed by atoms with van der Waals surface area (Å²) in [5.74, 6) is 0. The van der Waals surface area contributed by atoms with Crippen LogP contribution < -0.4 is 0 Å². The van der Waals surface area contributed by atoms with Crippen molar-refractivity contribution in [1.82, 2.24) is 19.7 Å². The van der Waals surface area contributed by atoms with Gasteiger partial charge in [0, 0.05) is 36.2 Å². The Morgan fingerprint density at radius 2 is 1.81 bits per heavy atom. The molecular formula is C22H24N4. The summed E-state index contributed by atoms with van der Waals surface area (Å²) in [5, 5.41) is 4.65. The third-order valence-corrected chi connectivity index (χ3v) is 5.74. The summed E-state index contributed by atoms with van der Waals surface area (Å²) in [6.07, 6.45) is 12.0. The van der Waals surface area contributed by atoms with Crippen LogP contribution in [0.2, 0.25) is 0 Å². The van der Waals surface area contributed by atoms with Crippen molar-refractivity contribution >= 4 is 0 Å². The van der Waals surface area contributed by atoms with Crippen LogP contribution in [-0.4, -0.2) is 25.7 Å². The topological polar surface area (TPSA) is 34.0 Å². The van der Waals surface area contributed by atoms with Crippen LogP contribution in [-0.2, 0) is 13.1 Å². The van der Waals surface area contributed by atoms with Crippen molar-refractivity contribution in [3.63, 3.8) is 0 Å². The van der Waals surface area contributed by atoms with Crippen molar-refractivity contribution in [1.29, 1.82) is 0 Å². The van der Waals surface area contributed by atoms with Gasteiger partial charge in [0.25, 0.3) is 0 Å². The van der Waals surface area contributed by atoms with E-state index in [1.165, 1.54) is 54.5 Å². The van der Waals surface area contributed by atoms with Gasteiger partial charge >= 0.3 is 0 Å². The molecule has 4 heteroatoms. The van der Waals surface area contributed by atoms with Crippen LogP contribution in [0.5, 0.6) is 0 Å². The fourth-order valence-corrected chi connectivity index (χ4v) is 4.32. The number of hydrogen-bond acceptors (Lipinski definition) is 3. The maximum absolute atomic E-state index is 4.65. The van der Waals surface area contributed by atoms with Gasteiger partial charge in [0.05, 0.1) is 12.4 Å². The highest BCUT2D eigenvalue weighted by Gasteiger charge is 2.36. The lowest BCUT2D eigenvalue weighted by atomic mass is 9.87. The molecule has 0 N–H and O–H groups in total. The lowest BCUT2D eigenvalue weighted by Gasteiger charge is -2.36. The molecule has 26 heavy (non-hydrogen) atoms. The minimum Gasteiger partial charge on any atom is -0.274 e. The van der Waals surface area contributed by atoms with Gasteiger partial charge in [-0.1, -0.05) is 24.3 Å². The maximum atomic E-state index is 4.65. The van der Waals surface area contributed by atoms with E-state index in [1.807, 2.05) is 18.6 Å². The quantitative estimate of drug-likeness (QED) is 0.686. The second kappa shape index (κ2) is 6.69. The van der Waals surface area contributed by atoms with Gasteiger partial charge in [0.15, 0.2) is 0 Å². The third-order valence-electron chi connectivity index (χ3n) is 5.74. The van der Waals surface area contributed by atoms with Gasteiger partial charge in [0.2, 0.25) is 0 Å². The lowest BCUT2D eigenvalue weighted by molar-refractivity contribution is 0.120. The molecular weight excluding hydrogens is 320 g/mol. The van der Waals surface area contributed by atoms with Crippen LogP contribution >= 0.6 is 0 Å². The van der Waals surface area contributed by atoms with E-state index in [1.54, 1.807) is 0 Å². The van der Waals surface area contributed by atoms with E-state index in [9.17, 15) is 0 Å². The summed E-state index contributed by atoms with van der Waals surface area (Å²) >= 11 is 0. The van der Waals surface area contributed by atoms with Gasteiger partial charge in [-0.2, -0.15) is 5.10 Å². The largest absolute Gasteiger partial charge is 0.274 e. The molecule has 2 heterocycles. The Balaban J connectivity index is 1.47. The number of fused-ring (bicyclic) bond motifs is 1. The Morgan fingerprint density at radius 3 is 2.65 bits per heavy atom. The van der Waals surface area contributed by atoms with Gasteiger partial charge in [-0.05, 0) is 61.4 Å². The number of aromatic nitrogens is 3. The summed E-state index contributed by atoms with van der Waals surface area (Å²) in [6, 6.07) is 16.5. The molecule has 1 fully saturated rings. The van der Waals surface area contributed by atoms with Crippen molar-refractivity contribution in [2.45, 2.75) is 50.9 Å². The van der Waals surface area contributed by atoms with Gasteiger partial charge < -0.3 is 0 Å². The van der Waals surface area contributed by atoms with Gasteiger partial charge in [-0.25, -0.2) is 0 Å². The molecule has 132 valence electrons. The zero-order valence-electron chi connectivity index (χ0n) is 15.0. The molecule has 0 spiro atoms. The molecule has 0 saturated heterocycles. The third kappa shape index (κ3) is 2.95. The molecule has 1 atom stereocenters. The average molecular weight is 344 g/mol. The van der Waals surface area contributed by atoms with E-state index in [0.29, 0.717) is 12.1 Å². The van der Waals surface area contributed by atoms with E-state index < -0.39 is 0 Å². The van der Waals surface area contributed by atoms with Gasteiger partial charge in [-0.3, -0.25) is 14.6 Å². The number of rotatable bonds is 5. The standard InChI is InChI=1S/C22H24N4/c1-2-6-20-17(4-1)5-3-7-22(20)25(19-8-9-19)16-26-21(12-15-24-26)18-10-13-23-14-11-18/h1-2,4,6,10-15,19,22H,3,5,7-9,16H2. The van der Waals surface area contributed by atoms with Crippen molar-refractivity contribution in [3.8, 4) is 11.3 Å². The molecule has 2 aromatic heterocycles. The first-order chi connectivity index (χ1) is 12.9. The minimum absolute atomic E-state index is 0.516. The summed E-state index contributed by atoms with van der Waals surface area (Å²) in [6.45, 7) is 0.855. The van der Waals surface area contributed by atoms with Crippen LogP contribution in [0.4, 0.5) is 0 Å². The maximum Gasteiger partial charge on any atom is 0.0943 e. The summed E-state index contributed by atoms with van der Waals surface area (Å²) in [7, 11) is 0. The minimum atomic E-state index is 0.516. The SMILES string of the molecule is c1ccc2c(c1)CCCC2N(Cn1nccc1-c1ccncc1)C1CC1. The van der Waals surface area contributed by atoms with Crippen molar-refractivity contribution < 1.29 is 0 Å². The fraction of sp³-hybridized carbons (Fsp3) is 0.364. The second-order valence-electron chi connectivity index (χ2n) is 7.45. The number of aryl methyl sites for hydroxylation is 1. The molecule has 2 aliphatic rings. The molecule has 1 aromatic carbocycles. The van der Waals surface area contributed by atoms with Crippen LogP contribution in [0.3, 0.4) is 0 Å². The highest BCUT2D eigenvalue weighted by atomic mass is 15.4. The average Bonchev–Trinajstić information content (AvgIpc) is 3.44. The van der Waals surface area contributed by atoms with E-state index in [0.717, 1.165) is 6.67 Å². The molecule has 4 nitrogen and oxygen atoms in total. The Labute approximate surface area is 154 Å². The van der Waals surface area contributed by atoms with Crippen molar-refractivity contribution in [3.05, 3.63) is 72.2 Å². The molecule has 0 bridgehead atoms. The van der Waals surface area contributed by atoms with E-state index in [2.05, 4.69) is 62.1 Å². The highest BCUT2D eigenvalue weighted by Crippen LogP contribution is 2.41. The van der Waals surface area contributed by atoms with Crippen molar-refractivity contribution in [2.24, 2.45) is 0 Å². The van der Waals surface area contributed by atoms with Crippen LogP contribution in [0.1, 0.15) is 42.9 Å². The molecule has 3 aromatic rings. The number of hydrogen-bond donors (Lipinski definition) is 0. The zero-order chi connectivity index (χ0) is 17.3. The molecule has 2 aliphatic carbocycles. The lowest BCUT2D eigenvalue weighted by Crippen LogP contribution is -2.35. The van der Waals surface area contributed by atoms with Crippen LogP contribution in [0.25, 0.3) is 11.3 Å². The molecule has 5 rings (SSSR count). The predicted octanol–water partition coefficient (Wildman–Crippen LogP) is 4.44. The van der Waals surface area contributed by atoms with Gasteiger partial charge in [0.1, 0.15) is 0 Å². The molecule has 0 aliphatic heterocycles. The smallest absolute Gasteiger partial charge is 0.0943 e. The first-order valence-corrected chi connectivity index (χ1v) is 9.66. The van der Waals surface area contributed by atoms with Crippen LogP contribution in [0.15, 0.2) is 61.1 Å². The Hall–Kier alpha value is -2.46. The first-order valence-electron chi connectivity index (χ1n) is 9.66. The Bertz CT molecular complexity index is 882. The Morgan fingerprint density at radius 1 is 0.962 bits per heavy atom. The summed E-state index contributed by atoms with van der Waals surface area (Å²) in [4.78, 5) is 6.83. The monoisotopic (exact) mass is 344 g/mol. The van der Waals surface area contributed by atoms with Crippen LogP contribution in [0, 0.1) is 0 Å². The molecule has 0 amide bonds. The second-order valence-corrected chi connectivity index (χ2v) is 7.45. The first kappa shape index (κ1) is 15.8. The summed E-state index contributed by atoms with van der Waals surface area (Å²) in [5.41, 5.74) is 5.41. The number of benzene rings is 1. The highest BCUT2D eigenvalue weighted by molar-refractivity contribution is 5.58. The van der Waals surface area contributed by atoms with E-state index >= 15 is 0 Å². The number of pyridine rings is 1. The summed E-state index contributed by atoms with van der Waals surface area (Å²) < 4.78 is 2.16. The molecule has 1 saturated carbocycles. The predicted molar refractivity (Wildman–Crippen MR) is 102 cm³/mol. The van der Waals surface area contributed by atoms with E-state index in [4.69, 9.17) is 0 Å². The Kier molecular flexibility index (Phi) is 4.06. The normalized spacial score (nSPS) is 19.5. The zero-order valence-corrected chi connectivity index (χ0v) is 15.0. The van der Waals surface area contributed by atoms with E-state index in [-0.39, 0.29) is 0 Å². The van der Waals surface area contributed by atoms with Gasteiger partial charge in [-0.15, -0.1) is 0 Å². The number of nitrogens with zero attached hydrogens (tertiary/aromatic N) is 4. The van der Waals surface area contributed by atoms with Crippen molar-refractivity contribution in [2.75, 3.05) is 0 Å².